The molecule has 1 amide bonds. The van der Waals surface area contributed by atoms with Gasteiger partial charge in [-0.15, -0.1) is 0 Å². The van der Waals surface area contributed by atoms with Crippen molar-refractivity contribution < 1.29 is 38.7 Å². The molecule has 3 aromatic carbocycles. The second-order valence-electron chi connectivity index (χ2n) is 11.8. The molecule has 11 nitrogen and oxygen atoms in total. The number of halogens is 1. The summed E-state index contributed by atoms with van der Waals surface area (Å²) in [7, 11) is 3.30. The fourth-order valence-electron chi connectivity index (χ4n) is 5.04. The monoisotopic (exact) mass is 675 g/mol. The van der Waals surface area contributed by atoms with Crippen molar-refractivity contribution in [1.82, 2.24) is 15.2 Å². The summed E-state index contributed by atoms with van der Waals surface area (Å²) in [5.41, 5.74) is 3.92. The lowest BCUT2D eigenvalue weighted by Gasteiger charge is -2.25. The minimum atomic E-state index is -1.59. The molecule has 1 unspecified atom stereocenters. The number of ether oxygens (including phenoxy) is 4. The van der Waals surface area contributed by atoms with Gasteiger partial charge in [-0.2, -0.15) is 0 Å². The van der Waals surface area contributed by atoms with E-state index in [4.69, 9.17) is 30.5 Å². The number of benzene rings is 3. The third-order valence-corrected chi connectivity index (χ3v) is 8.39. The summed E-state index contributed by atoms with van der Waals surface area (Å²) >= 11 is 6.70. The summed E-state index contributed by atoms with van der Waals surface area (Å²) in [6, 6.07) is 18.6. The number of aliphatic hydroxyl groups is 1. The molecule has 0 bridgehead atoms. The lowest BCUT2D eigenvalue weighted by molar-refractivity contribution is -0.145. The number of pyridine rings is 1. The maximum Gasteiger partial charge on any atom is 0.326 e. The van der Waals surface area contributed by atoms with Crippen molar-refractivity contribution in [2.75, 3.05) is 33.9 Å². The van der Waals surface area contributed by atoms with E-state index >= 15 is 0 Å². The van der Waals surface area contributed by atoms with Gasteiger partial charge in [0.25, 0.3) is 5.91 Å². The number of hydrogen-bond donors (Lipinski definition) is 3. The van der Waals surface area contributed by atoms with Crippen molar-refractivity contribution in [1.29, 1.82) is 0 Å². The first-order chi connectivity index (χ1) is 23.0. The number of carbonyl (C=O) groups is 2. The molecule has 5 rings (SSSR count). The summed E-state index contributed by atoms with van der Waals surface area (Å²) in [5.74, 6) is 0.733. The number of rotatable bonds is 13. The SMILES string of the molecule is Cc1c(COc2cc(OCc3ccnc(C(=O)N(C)C)c3)c(CNC(C)(CO)C(=O)O)cc2Cl)cccc1-c1ccc2c(c1)OCCO2. The van der Waals surface area contributed by atoms with Gasteiger partial charge in [0.05, 0.1) is 11.6 Å². The Morgan fingerprint density at radius 3 is 2.46 bits per heavy atom. The number of nitrogens with zero attached hydrogens (tertiary/aromatic N) is 2. The predicted octanol–water partition coefficient (Wildman–Crippen LogP) is 5.27. The first-order valence-electron chi connectivity index (χ1n) is 15.3. The van der Waals surface area contributed by atoms with Crippen LogP contribution in [-0.2, 0) is 24.6 Å². The van der Waals surface area contributed by atoms with Gasteiger partial charge < -0.3 is 34.1 Å². The number of fused-ring (bicyclic) bond motifs is 1. The lowest BCUT2D eigenvalue weighted by atomic mass is 9.96. The molecule has 0 saturated carbocycles. The van der Waals surface area contributed by atoms with Gasteiger partial charge in [-0.1, -0.05) is 35.9 Å². The van der Waals surface area contributed by atoms with Crippen LogP contribution >= 0.6 is 11.6 Å². The van der Waals surface area contributed by atoms with Crippen LogP contribution in [0.25, 0.3) is 11.1 Å². The Hall–Kier alpha value is -4.84. The molecule has 1 aromatic heterocycles. The number of nitrogens with one attached hydrogen (secondary N) is 1. The molecule has 0 spiro atoms. The number of aliphatic hydroxyl groups excluding tert-OH is 1. The van der Waals surface area contributed by atoms with Crippen LogP contribution in [0.15, 0.2) is 66.9 Å². The van der Waals surface area contributed by atoms with Crippen molar-refractivity contribution in [3.63, 3.8) is 0 Å². The van der Waals surface area contributed by atoms with Gasteiger partial charge in [0.1, 0.15) is 49.2 Å². The summed E-state index contributed by atoms with van der Waals surface area (Å²) in [6.07, 6.45) is 1.54. The molecule has 0 aliphatic carbocycles. The Morgan fingerprint density at radius 1 is 0.979 bits per heavy atom. The zero-order chi connectivity index (χ0) is 34.4. The molecule has 2 heterocycles. The quantitative estimate of drug-likeness (QED) is 0.172. The van der Waals surface area contributed by atoms with Crippen LogP contribution < -0.4 is 24.3 Å². The summed E-state index contributed by atoms with van der Waals surface area (Å²) in [5, 5.41) is 22.6. The fourth-order valence-corrected chi connectivity index (χ4v) is 5.28. The fraction of sp³-hybridized carbons (Fsp3) is 0.306. The standard InChI is InChI=1S/C36H38ClN3O8/c1-22-25(6-5-7-27(22)24-8-9-30-33(16-24)46-13-12-45-30)20-48-32-17-31(26(15-28(32)37)18-39-36(2,21-41)35(43)44)47-19-23-10-11-38-29(14-23)34(42)40(3)4/h5-11,14-17,39,41H,12-13,18-21H2,1-4H3,(H,43,44). The summed E-state index contributed by atoms with van der Waals surface area (Å²) in [4.78, 5) is 29.8. The number of aromatic nitrogens is 1. The highest BCUT2D eigenvalue weighted by Gasteiger charge is 2.32. The van der Waals surface area contributed by atoms with Gasteiger partial charge in [0, 0.05) is 38.5 Å². The average molecular weight is 676 g/mol. The predicted molar refractivity (Wildman–Crippen MR) is 180 cm³/mol. The molecule has 0 radical (unpaired) electrons. The number of carboxylic acids is 1. The molecule has 1 aliphatic rings. The normalized spacial score (nSPS) is 13.4. The van der Waals surface area contributed by atoms with Crippen LogP contribution in [0.5, 0.6) is 23.0 Å². The Bertz CT molecular complexity index is 1810. The molecular formula is C36H38ClN3O8. The third kappa shape index (κ3) is 7.82. The van der Waals surface area contributed by atoms with Crippen LogP contribution in [0.4, 0.5) is 0 Å². The smallest absolute Gasteiger partial charge is 0.326 e. The highest BCUT2D eigenvalue weighted by Crippen LogP contribution is 2.37. The maximum atomic E-state index is 12.4. The lowest BCUT2D eigenvalue weighted by Crippen LogP contribution is -2.52. The number of hydrogen-bond acceptors (Lipinski definition) is 9. The molecule has 0 saturated heterocycles. The van der Waals surface area contributed by atoms with Gasteiger partial charge in [-0.3, -0.25) is 19.9 Å². The Labute approximate surface area is 284 Å². The zero-order valence-corrected chi connectivity index (χ0v) is 28.0. The van der Waals surface area contributed by atoms with E-state index in [-0.39, 0.29) is 31.4 Å². The van der Waals surface area contributed by atoms with Gasteiger partial charge in [-0.05, 0) is 72.0 Å². The Balaban J connectivity index is 1.39. The Morgan fingerprint density at radius 2 is 1.73 bits per heavy atom. The number of carbonyl (C=O) groups excluding carboxylic acids is 1. The number of aliphatic carboxylic acids is 1. The molecule has 1 aliphatic heterocycles. The molecule has 48 heavy (non-hydrogen) atoms. The first-order valence-corrected chi connectivity index (χ1v) is 15.7. The molecule has 0 fully saturated rings. The van der Waals surface area contributed by atoms with E-state index < -0.39 is 18.1 Å². The molecule has 4 aromatic rings. The second kappa shape index (κ2) is 14.9. The Kier molecular flexibility index (Phi) is 10.7. The molecule has 3 N–H and O–H groups in total. The molecule has 12 heteroatoms. The van der Waals surface area contributed by atoms with Crippen LogP contribution in [0.3, 0.4) is 0 Å². The first kappa shape index (κ1) is 34.5. The van der Waals surface area contributed by atoms with Crippen molar-refractivity contribution >= 4 is 23.5 Å². The zero-order valence-electron chi connectivity index (χ0n) is 27.2. The molecule has 1 atom stereocenters. The van der Waals surface area contributed by atoms with E-state index in [1.165, 1.54) is 18.0 Å². The maximum absolute atomic E-state index is 12.4. The minimum absolute atomic E-state index is 0.0239. The van der Waals surface area contributed by atoms with Gasteiger partial charge in [0.15, 0.2) is 11.5 Å². The van der Waals surface area contributed by atoms with Crippen LogP contribution in [-0.4, -0.2) is 71.4 Å². The van der Waals surface area contributed by atoms with E-state index in [0.29, 0.717) is 46.6 Å². The van der Waals surface area contributed by atoms with Crippen LogP contribution in [0.1, 0.15) is 39.7 Å². The van der Waals surface area contributed by atoms with Crippen molar-refractivity contribution in [3.8, 4) is 34.1 Å². The molecule has 252 valence electrons. The second-order valence-corrected chi connectivity index (χ2v) is 12.2. The van der Waals surface area contributed by atoms with Crippen molar-refractivity contribution in [2.45, 2.75) is 39.1 Å². The van der Waals surface area contributed by atoms with E-state index in [1.807, 2.05) is 43.3 Å². The van der Waals surface area contributed by atoms with Crippen molar-refractivity contribution in [3.05, 3.63) is 99.8 Å². The highest BCUT2D eigenvalue weighted by molar-refractivity contribution is 6.32. The number of amides is 1. The van der Waals surface area contributed by atoms with E-state index in [2.05, 4.69) is 10.3 Å². The van der Waals surface area contributed by atoms with Gasteiger partial charge >= 0.3 is 5.97 Å². The van der Waals surface area contributed by atoms with Crippen LogP contribution in [0.2, 0.25) is 5.02 Å². The van der Waals surface area contributed by atoms with E-state index in [9.17, 15) is 19.8 Å². The average Bonchev–Trinajstić information content (AvgIpc) is 3.09. The van der Waals surface area contributed by atoms with Gasteiger partial charge in [0.2, 0.25) is 0 Å². The summed E-state index contributed by atoms with van der Waals surface area (Å²) in [6.45, 7) is 4.13. The summed E-state index contributed by atoms with van der Waals surface area (Å²) < 4.78 is 23.9. The molecular weight excluding hydrogens is 638 g/mol. The highest BCUT2D eigenvalue weighted by atomic mass is 35.5. The number of carboxylic acid groups (broad SMARTS) is 1. The van der Waals surface area contributed by atoms with Crippen molar-refractivity contribution in [2.24, 2.45) is 0 Å². The largest absolute Gasteiger partial charge is 0.488 e. The topological polar surface area (TPSA) is 140 Å². The van der Waals surface area contributed by atoms with E-state index in [0.717, 1.165) is 28.0 Å². The van der Waals surface area contributed by atoms with Crippen LogP contribution in [0, 0.1) is 6.92 Å². The van der Waals surface area contributed by atoms with Gasteiger partial charge in [-0.25, -0.2) is 0 Å². The minimum Gasteiger partial charge on any atom is -0.488 e. The third-order valence-electron chi connectivity index (χ3n) is 8.10. The van der Waals surface area contributed by atoms with E-state index in [1.54, 1.807) is 38.4 Å².